The van der Waals surface area contributed by atoms with E-state index in [0.717, 1.165) is 9.13 Å². The van der Waals surface area contributed by atoms with Crippen molar-refractivity contribution < 1.29 is 14.3 Å². The monoisotopic (exact) mass is 508 g/mol. The first-order valence-electron chi connectivity index (χ1n) is 9.92. The molecule has 0 spiro atoms. The number of halogens is 1. The number of carbonyl (C=O) groups excluding carboxylic acids is 2. The lowest BCUT2D eigenvalue weighted by molar-refractivity contribution is -0.142. The third-order valence-corrected chi connectivity index (χ3v) is 5.20. The number of hydrogen-bond acceptors (Lipinski definition) is 3. The Hall–Kier alpha value is -2.09. The number of nitrogens with one attached hydrogen (secondary N) is 1. The molecule has 0 aromatic heterocycles. The Morgan fingerprint density at radius 1 is 1.07 bits per heavy atom. The molecule has 0 fully saturated rings. The van der Waals surface area contributed by atoms with Crippen molar-refractivity contribution in [3.05, 3.63) is 63.7 Å². The second-order valence-corrected chi connectivity index (χ2v) is 8.40. The molecule has 156 valence electrons. The molecule has 1 unspecified atom stereocenters. The zero-order valence-electron chi connectivity index (χ0n) is 17.2. The van der Waals surface area contributed by atoms with Crippen LogP contribution in [-0.2, 0) is 16.0 Å². The fourth-order valence-corrected chi connectivity index (χ4v) is 3.39. The van der Waals surface area contributed by atoms with E-state index in [9.17, 15) is 9.59 Å². The molecule has 0 saturated carbocycles. The van der Waals surface area contributed by atoms with E-state index in [1.54, 1.807) is 4.90 Å². The lowest BCUT2D eigenvalue weighted by atomic mass is 10.1. The van der Waals surface area contributed by atoms with Crippen LogP contribution in [-0.4, -0.2) is 41.9 Å². The van der Waals surface area contributed by atoms with Gasteiger partial charge in [0.05, 0.1) is 0 Å². The summed E-state index contributed by atoms with van der Waals surface area (Å²) < 4.78 is 6.78. The van der Waals surface area contributed by atoms with Gasteiger partial charge in [-0.1, -0.05) is 37.3 Å². The van der Waals surface area contributed by atoms with Crippen molar-refractivity contribution in [3.8, 4) is 5.75 Å². The zero-order chi connectivity index (χ0) is 21.2. The molecule has 2 rings (SSSR count). The van der Waals surface area contributed by atoms with Crippen molar-refractivity contribution in [3.63, 3.8) is 0 Å². The minimum Gasteiger partial charge on any atom is -0.484 e. The van der Waals surface area contributed by atoms with Crippen LogP contribution >= 0.6 is 22.6 Å². The third-order valence-electron chi connectivity index (χ3n) is 4.48. The van der Waals surface area contributed by atoms with E-state index in [4.69, 9.17) is 4.74 Å². The highest BCUT2D eigenvalue weighted by atomic mass is 127. The van der Waals surface area contributed by atoms with Crippen LogP contribution in [0, 0.1) is 3.57 Å². The number of nitrogens with zero attached hydrogens (tertiary/aromatic N) is 1. The second kappa shape index (κ2) is 11.8. The average Bonchev–Trinajstić information content (AvgIpc) is 2.70. The van der Waals surface area contributed by atoms with Crippen LogP contribution in [0.2, 0.25) is 0 Å². The highest BCUT2D eigenvalue weighted by Gasteiger charge is 2.28. The van der Waals surface area contributed by atoms with Crippen molar-refractivity contribution >= 4 is 34.4 Å². The van der Waals surface area contributed by atoms with E-state index in [2.05, 4.69) is 27.9 Å². The Balaban J connectivity index is 2.11. The predicted molar refractivity (Wildman–Crippen MR) is 124 cm³/mol. The number of hydrogen-bond donors (Lipinski definition) is 1. The Morgan fingerprint density at radius 2 is 1.72 bits per heavy atom. The molecule has 0 aliphatic carbocycles. The highest BCUT2D eigenvalue weighted by Crippen LogP contribution is 2.15. The van der Waals surface area contributed by atoms with Crippen LogP contribution in [0.3, 0.4) is 0 Å². The van der Waals surface area contributed by atoms with E-state index >= 15 is 0 Å². The molecule has 1 atom stereocenters. The van der Waals surface area contributed by atoms with Gasteiger partial charge in [-0.05, 0) is 79.1 Å². The summed E-state index contributed by atoms with van der Waals surface area (Å²) in [4.78, 5) is 27.4. The van der Waals surface area contributed by atoms with Gasteiger partial charge in [0.15, 0.2) is 6.61 Å². The van der Waals surface area contributed by atoms with Gasteiger partial charge in [0.25, 0.3) is 5.91 Å². The molecule has 2 amide bonds. The lowest BCUT2D eigenvalue weighted by Gasteiger charge is -2.31. The zero-order valence-corrected chi connectivity index (χ0v) is 19.4. The molecule has 0 saturated heterocycles. The standard InChI is InChI=1S/C23H29IN2O3/c1-4-21(23(28)25-17(2)3)26(15-14-18-8-6-5-7-9-18)22(27)16-29-20-12-10-19(24)11-13-20/h5-13,17,21H,4,14-16H2,1-3H3,(H,25,28). The van der Waals surface area contributed by atoms with Gasteiger partial charge in [0.2, 0.25) is 5.91 Å². The normalized spacial score (nSPS) is 11.8. The SMILES string of the molecule is CCC(C(=O)NC(C)C)N(CCc1ccccc1)C(=O)COc1ccc(I)cc1. The largest absolute Gasteiger partial charge is 0.484 e. The van der Waals surface area contributed by atoms with Crippen molar-refractivity contribution in [2.45, 2.75) is 45.7 Å². The van der Waals surface area contributed by atoms with Crippen LogP contribution in [0.25, 0.3) is 0 Å². The maximum absolute atomic E-state index is 13.0. The highest BCUT2D eigenvalue weighted by molar-refractivity contribution is 14.1. The first kappa shape index (κ1) is 23.2. The summed E-state index contributed by atoms with van der Waals surface area (Å²) in [6.45, 7) is 6.12. The van der Waals surface area contributed by atoms with Crippen LogP contribution in [0.1, 0.15) is 32.8 Å². The molecule has 6 heteroatoms. The van der Waals surface area contributed by atoms with Crippen molar-refractivity contribution in [1.82, 2.24) is 10.2 Å². The molecule has 2 aromatic rings. The Bertz CT molecular complexity index is 778. The number of ether oxygens (including phenoxy) is 1. The van der Waals surface area contributed by atoms with Gasteiger partial charge in [-0.15, -0.1) is 0 Å². The molecule has 0 bridgehead atoms. The summed E-state index contributed by atoms with van der Waals surface area (Å²) in [6.07, 6.45) is 1.23. The minimum absolute atomic E-state index is 0.0191. The fraction of sp³-hybridized carbons (Fsp3) is 0.391. The van der Waals surface area contributed by atoms with E-state index in [1.807, 2.05) is 75.4 Å². The van der Waals surface area contributed by atoms with Crippen molar-refractivity contribution in [1.29, 1.82) is 0 Å². The third kappa shape index (κ3) is 7.68. The van der Waals surface area contributed by atoms with E-state index in [0.29, 0.717) is 25.1 Å². The Labute approximate surface area is 187 Å². The minimum atomic E-state index is -0.520. The van der Waals surface area contributed by atoms with Crippen LogP contribution in [0.15, 0.2) is 54.6 Å². The lowest BCUT2D eigenvalue weighted by Crippen LogP contribution is -2.52. The molecule has 5 nitrogen and oxygen atoms in total. The molecule has 0 radical (unpaired) electrons. The van der Waals surface area contributed by atoms with Gasteiger partial charge in [-0.25, -0.2) is 0 Å². The molecular weight excluding hydrogens is 479 g/mol. The molecule has 0 aliphatic rings. The van der Waals surface area contributed by atoms with Gasteiger partial charge < -0.3 is 15.0 Å². The number of rotatable bonds is 10. The molecule has 0 aliphatic heterocycles. The van der Waals surface area contributed by atoms with Gasteiger partial charge in [0.1, 0.15) is 11.8 Å². The fourth-order valence-electron chi connectivity index (χ4n) is 3.04. The molecule has 1 N–H and O–H groups in total. The summed E-state index contributed by atoms with van der Waals surface area (Å²) in [5.41, 5.74) is 1.13. The van der Waals surface area contributed by atoms with Crippen molar-refractivity contribution in [2.24, 2.45) is 0 Å². The van der Waals surface area contributed by atoms with Crippen LogP contribution < -0.4 is 10.1 Å². The maximum Gasteiger partial charge on any atom is 0.261 e. The number of carbonyl (C=O) groups is 2. The molecule has 2 aromatic carbocycles. The first-order valence-corrected chi connectivity index (χ1v) is 11.0. The van der Waals surface area contributed by atoms with Gasteiger partial charge >= 0.3 is 0 Å². The smallest absolute Gasteiger partial charge is 0.261 e. The quantitative estimate of drug-likeness (QED) is 0.493. The summed E-state index contributed by atoms with van der Waals surface area (Å²) in [7, 11) is 0. The van der Waals surface area contributed by atoms with E-state index in [1.165, 1.54) is 0 Å². The van der Waals surface area contributed by atoms with Gasteiger partial charge in [0, 0.05) is 16.2 Å². The number of amides is 2. The number of benzene rings is 2. The van der Waals surface area contributed by atoms with Crippen LogP contribution in [0.4, 0.5) is 0 Å². The molecule has 0 heterocycles. The summed E-state index contributed by atoms with van der Waals surface area (Å²) in [6, 6.07) is 17.0. The molecule has 29 heavy (non-hydrogen) atoms. The van der Waals surface area contributed by atoms with Gasteiger partial charge in [-0.3, -0.25) is 9.59 Å². The Morgan fingerprint density at radius 3 is 2.31 bits per heavy atom. The van der Waals surface area contributed by atoms with E-state index in [-0.39, 0.29) is 24.5 Å². The van der Waals surface area contributed by atoms with E-state index < -0.39 is 6.04 Å². The summed E-state index contributed by atoms with van der Waals surface area (Å²) in [5.74, 6) is 0.324. The van der Waals surface area contributed by atoms with Crippen molar-refractivity contribution in [2.75, 3.05) is 13.2 Å². The maximum atomic E-state index is 13.0. The van der Waals surface area contributed by atoms with Gasteiger partial charge in [-0.2, -0.15) is 0 Å². The average molecular weight is 508 g/mol. The first-order chi connectivity index (χ1) is 13.9. The summed E-state index contributed by atoms with van der Waals surface area (Å²) in [5, 5.41) is 2.93. The summed E-state index contributed by atoms with van der Waals surface area (Å²) >= 11 is 2.22. The second-order valence-electron chi connectivity index (χ2n) is 7.15. The topological polar surface area (TPSA) is 58.6 Å². The van der Waals surface area contributed by atoms with Crippen LogP contribution in [0.5, 0.6) is 5.75 Å². The molecular formula is C23H29IN2O3. The Kier molecular flexibility index (Phi) is 9.44. The predicted octanol–water partition coefficient (Wildman–Crippen LogP) is 4.04.